The van der Waals surface area contributed by atoms with Crippen molar-refractivity contribution >= 4 is 11.7 Å². The second-order valence-corrected chi connectivity index (χ2v) is 7.00. The molecule has 2 aromatic heterocycles. The molecule has 1 atom stereocenters. The summed E-state index contributed by atoms with van der Waals surface area (Å²) in [4.78, 5) is 29.8. The molecule has 2 aliphatic heterocycles. The van der Waals surface area contributed by atoms with Gasteiger partial charge in [-0.15, -0.1) is 0 Å². The summed E-state index contributed by atoms with van der Waals surface area (Å²) in [6.45, 7) is 6.85. The number of aromatic nitrogens is 4. The Morgan fingerprint density at radius 2 is 1.96 bits per heavy atom. The van der Waals surface area contributed by atoms with E-state index in [-0.39, 0.29) is 5.91 Å². The SMILES string of the molecule is C[C@H]1CCCN(C(=O)c2cn(-c3cc(N4CCOCC4)ncn3)cn2)C1. The zero-order chi connectivity index (χ0) is 17.9. The van der Waals surface area contributed by atoms with Crippen LogP contribution in [0.25, 0.3) is 5.82 Å². The van der Waals surface area contributed by atoms with Gasteiger partial charge in [0.1, 0.15) is 30.0 Å². The highest BCUT2D eigenvalue weighted by molar-refractivity contribution is 5.92. The van der Waals surface area contributed by atoms with Crippen LogP contribution in [0.5, 0.6) is 0 Å². The summed E-state index contributed by atoms with van der Waals surface area (Å²) < 4.78 is 7.17. The Balaban J connectivity index is 1.51. The van der Waals surface area contributed by atoms with Gasteiger partial charge in [-0.2, -0.15) is 0 Å². The fourth-order valence-electron chi connectivity index (χ4n) is 3.54. The van der Waals surface area contributed by atoms with Gasteiger partial charge >= 0.3 is 0 Å². The number of nitrogens with zero attached hydrogens (tertiary/aromatic N) is 6. The van der Waals surface area contributed by atoms with Gasteiger partial charge in [0.15, 0.2) is 0 Å². The number of hydrogen-bond donors (Lipinski definition) is 0. The van der Waals surface area contributed by atoms with Crippen LogP contribution in [0.1, 0.15) is 30.3 Å². The van der Waals surface area contributed by atoms with Crippen LogP contribution in [0.2, 0.25) is 0 Å². The standard InChI is InChI=1S/C18H24N6O2/c1-14-3-2-4-23(10-14)18(25)15-11-24(13-21-15)17-9-16(19-12-20-17)22-5-7-26-8-6-22/h9,11-14H,2-8,10H2,1H3/t14-/m0/s1. The maximum atomic E-state index is 12.7. The van der Waals surface area contributed by atoms with Crippen molar-refractivity contribution in [1.82, 2.24) is 24.4 Å². The van der Waals surface area contributed by atoms with Crippen molar-refractivity contribution in [2.75, 3.05) is 44.3 Å². The minimum atomic E-state index is -0.00208. The monoisotopic (exact) mass is 356 g/mol. The topological polar surface area (TPSA) is 76.4 Å². The first-order valence-corrected chi connectivity index (χ1v) is 9.19. The average Bonchev–Trinajstić information content (AvgIpc) is 3.18. The van der Waals surface area contributed by atoms with Crippen LogP contribution in [0.15, 0.2) is 24.9 Å². The predicted octanol–water partition coefficient (Wildman–Crippen LogP) is 1.37. The van der Waals surface area contributed by atoms with Crippen LogP contribution in [0.4, 0.5) is 5.82 Å². The molecule has 2 saturated heterocycles. The van der Waals surface area contributed by atoms with E-state index in [1.54, 1.807) is 23.4 Å². The lowest BCUT2D eigenvalue weighted by atomic mass is 10.0. The van der Waals surface area contributed by atoms with E-state index in [2.05, 4.69) is 26.8 Å². The summed E-state index contributed by atoms with van der Waals surface area (Å²) in [5, 5.41) is 0. The number of ether oxygens (including phenoxy) is 1. The van der Waals surface area contributed by atoms with Gasteiger partial charge in [-0.3, -0.25) is 9.36 Å². The second-order valence-electron chi connectivity index (χ2n) is 7.00. The summed E-state index contributed by atoms with van der Waals surface area (Å²) in [7, 11) is 0. The van der Waals surface area contributed by atoms with Crippen molar-refractivity contribution in [1.29, 1.82) is 0 Å². The minimum Gasteiger partial charge on any atom is -0.378 e. The zero-order valence-electron chi connectivity index (χ0n) is 15.0. The second kappa shape index (κ2) is 7.41. The molecule has 2 fully saturated rings. The molecule has 4 rings (SSSR count). The fraction of sp³-hybridized carbons (Fsp3) is 0.556. The van der Waals surface area contributed by atoms with E-state index in [1.807, 2.05) is 11.0 Å². The van der Waals surface area contributed by atoms with Crippen LogP contribution < -0.4 is 4.90 Å². The van der Waals surface area contributed by atoms with Gasteiger partial charge in [-0.05, 0) is 18.8 Å². The minimum absolute atomic E-state index is 0.00208. The highest BCUT2D eigenvalue weighted by Gasteiger charge is 2.24. The third kappa shape index (κ3) is 3.55. The number of carbonyl (C=O) groups is 1. The summed E-state index contributed by atoms with van der Waals surface area (Å²) >= 11 is 0. The molecule has 0 aliphatic carbocycles. The average molecular weight is 356 g/mol. The Bertz CT molecular complexity index is 771. The zero-order valence-corrected chi connectivity index (χ0v) is 15.0. The number of morpholine rings is 1. The Hall–Kier alpha value is -2.48. The summed E-state index contributed by atoms with van der Waals surface area (Å²) in [5.41, 5.74) is 0.464. The number of imidazole rings is 1. The summed E-state index contributed by atoms with van der Waals surface area (Å²) in [6, 6.07) is 1.92. The van der Waals surface area contributed by atoms with E-state index in [4.69, 9.17) is 4.74 Å². The molecule has 0 spiro atoms. The highest BCUT2D eigenvalue weighted by atomic mass is 16.5. The van der Waals surface area contributed by atoms with Gasteiger partial charge in [0.25, 0.3) is 5.91 Å². The number of piperidine rings is 1. The van der Waals surface area contributed by atoms with Gasteiger partial charge < -0.3 is 14.5 Å². The highest BCUT2D eigenvalue weighted by Crippen LogP contribution is 2.19. The molecule has 1 amide bonds. The maximum Gasteiger partial charge on any atom is 0.274 e. The molecule has 2 aromatic rings. The Labute approximate surface area is 152 Å². The first kappa shape index (κ1) is 17.0. The molecule has 0 aromatic carbocycles. The first-order chi connectivity index (χ1) is 12.7. The smallest absolute Gasteiger partial charge is 0.274 e. The third-order valence-corrected chi connectivity index (χ3v) is 4.98. The van der Waals surface area contributed by atoms with E-state index in [1.165, 1.54) is 6.42 Å². The Morgan fingerprint density at radius 1 is 1.15 bits per heavy atom. The molecule has 8 nitrogen and oxygen atoms in total. The predicted molar refractivity (Wildman–Crippen MR) is 96.5 cm³/mol. The quantitative estimate of drug-likeness (QED) is 0.827. The van der Waals surface area contributed by atoms with Crippen LogP contribution in [0.3, 0.4) is 0 Å². The van der Waals surface area contributed by atoms with Gasteiger partial charge in [0, 0.05) is 38.4 Å². The molecule has 0 N–H and O–H groups in total. The molecule has 0 unspecified atom stereocenters. The van der Waals surface area contributed by atoms with E-state index in [9.17, 15) is 4.79 Å². The summed E-state index contributed by atoms with van der Waals surface area (Å²) in [5.74, 6) is 2.12. The molecule has 0 radical (unpaired) electrons. The van der Waals surface area contributed by atoms with Crippen molar-refractivity contribution in [2.45, 2.75) is 19.8 Å². The van der Waals surface area contributed by atoms with E-state index < -0.39 is 0 Å². The Kier molecular flexibility index (Phi) is 4.83. The van der Waals surface area contributed by atoms with Gasteiger partial charge in [-0.1, -0.05) is 6.92 Å². The number of carbonyl (C=O) groups excluding carboxylic acids is 1. The molecule has 8 heteroatoms. The molecular formula is C18H24N6O2. The van der Waals surface area contributed by atoms with Crippen LogP contribution in [-0.2, 0) is 4.74 Å². The Morgan fingerprint density at radius 3 is 2.77 bits per heavy atom. The van der Waals surface area contributed by atoms with Crippen molar-refractivity contribution in [3.8, 4) is 5.82 Å². The number of amides is 1. The van der Waals surface area contributed by atoms with E-state index >= 15 is 0 Å². The largest absolute Gasteiger partial charge is 0.378 e. The normalized spacial score (nSPS) is 21.0. The lowest BCUT2D eigenvalue weighted by Gasteiger charge is -2.30. The van der Waals surface area contributed by atoms with Crippen molar-refractivity contribution < 1.29 is 9.53 Å². The number of hydrogen-bond acceptors (Lipinski definition) is 6. The maximum absolute atomic E-state index is 12.7. The van der Waals surface area contributed by atoms with Gasteiger partial charge in [-0.25, -0.2) is 15.0 Å². The fourth-order valence-corrected chi connectivity index (χ4v) is 3.54. The van der Waals surface area contributed by atoms with Crippen molar-refractivity contribution in [3.63, 3.8) is 0 Å². The number of anilines is 1. The van der Waals surface area contributed by atoms with Crippen molar-refractivity contribution in [2.24, 2.45) is 5.92 Å². The first-order valence-electron chi connectivity index (χ1n) is 9.19. The number of likely N-dealkylation sites (tertiary alicyclic amines) is 1. The molecule has 26 heavy (non-hydrogen) atoms. The lowest BCUT2D eigenvalue weighted by molar-refractivity contribution is 0.0677. The molecule has 0 saturated carbocycles. The molecular weight excluding hydrogens is 332 g/mol. The molecule has 4 heterocycles. The molecule has 138 valence electrons. The van der Waals surface area contributed by atoms with Crippen LogP contribution in [0, 0.1) is 5.92 Å². The van der Waals surface area contributed by atoms with Gasteiger partial charge in [0.2, 0.25) is 0 Å². The van der Waals surface area contributed by atoms with E-state index in [0.29, 0.717) is 30.6 Å². The van der Waals surface area contributed by atoms with Gasteiger partial charge in [0.05, 0.1) is 13.2 Å². The number of rotatable bonds is 3. The molecule has 2 aliphatic rings. The van der Waals surface area contributed by atoms with E-state index in [0.717, 1.165) is 38.4 Å². The van der Waals surface area contributed by atoms with Crippen molar-refractivity contribution in [3.05, 3.63) is 30.6 Å². The van der Waals surface area contributed by atoms with Crippen LogP contribution >= 0.6 is 0 Å². The molecule has 0 bridgehead atoms. The van der Waals surface area contributed by atoms with Crippen LogP contribution in [-0.4, -0.2) is 69.7 Å². The summed E-state index contributed by atoms with van der Waals surface area (Å²) in [6.07, 6.45) is 7.19. The lowest BCUT2D eigenvalue weighted by Crippen LogP contribution is -2.39. The third-order valence-electron chi connectivity index (χ3n) is 4.98.